The van der Waals surface area contributed by atoms with Gasteiger partial charge in [0.2, 0.25) is 0 Å². The first-order valence-electron chi connectivity index (χ1n) is 8.02. The quantitative estimate of drug-likeness (QED) is 0.766. The average Bonchev–Trinajstić information content (AvgIpc) is 2.39. The number of likely N-dealkylation sites (tertiary alicyclic amines) is 1. The van der Waals surface area contributed by atoms with Crippen LogP contribution in [0, 0.1) is 5.92 Å². The van der Waals surface area contributed by atoms with Crippen molar-refractivity contribution in [2.24, 2.45) is 5.92 Å². The Balaban J connectivity index is 1.70. The van der Waals surface area contributed by atoms with E-state index in [0.29, 0.717) is 12.8 Å². The summed E-state index contributed by atoms with van der Waals surface area (Å²) in [6.07, 6.45) is 2.48. The second-order valence-electron chi connectivity index (χ2n) is 6.46. The minimum Gasteiger partial charge on any atom is -0.301 e. The van der Waals surface area contributed by atoms with Crippen LogP contribution in [0.1, 0.15) is 26.2 Å². The number of rotatable bonds is 5. The Morgan fingerprint density at radius 3 is 2.15 bits per heavy atom. The van der Waals surface area contributed by atoms with Gasteiger partial charge < -0.3 is 14.7 Å². The van der Waals surface area contributed by atoms with Crippen LogP contribution in [0.25, 0.3) is 0 Å². The summed E-state index contributed by atoms with van der Waals surface area (Å²) in [7, 11) is 1.79. The third kappa shape index (κ3) is 4.37. The summed E-state index contributed by atoms with van der Waals surface area (Å²) in [5.74, 6) is -2.93. The molecule has 2 fully saturated rings. The molecule has 118 valence electrons. The molecule has 5 heteroatoms. The van der Waals surface area contributed by atoms with E-state index in [1.54, 1.807) is 11.9 Å². The van der Waals surface area contributed by atoms with Gasteiger partial charge in [0.1, 0.15) is 0 Å². The fraction of sp³-hybridized carbons (Fsp3) is 1.00. The highest BCUT2D eigenvalue weighted by atomic mass is 19.3. The Kier molecular flexibility index (Phi) is 5.75. The van der Waals surface area contributed by atoms with Crippen molar-refractivity contribution in [3.63, 3.8) is 0 Å². The van der Waals surface area contributed by atoms with E-state index < -0.39 is 11.8 Å². The van der Waals surface area contributed by atoms with Crippen molar-refractivity contribution in [3.8, 4) is 0 Å². The van der Waals surface area contributed by atoms with Gasteiger partial charge in [-0.2, -0.15) is 0 Å². The van der Waals surface area contributed by atoms with Gasteiger partial charge in [-0.15, -0.1) is 0 Å². The molecular weight excluding hydrogens is 260 g/mol. The van der Waals surface area contributed by atoms with Crippen molar-refractivity contribution < 1.29 is 8.78 Å². The van der Waals surface area contributed by atoms with Crippen LogP contribution in [0.4, 0.5) is 8.78 Å². The van der Waals surface area contributed by atoms with E-state index in [4.69, 9.17) is 0 Å². The fourth-order valence-electron chi connectivity index (χ4n) is 3.40. The number of halogens is 2. The van der Waals surface area contributed by atoms with Gasteiger partial charge in [0.25, 0.3) is 5.92 Å². The molecule has 2 heterocycles. The molecule has 2 rings (SSSR count). The summed E-state index contributed by atoms with van der Waals surface area (Å²) >= 11 is 0. The van der Waals surface area contributed by atoms with Gasteiger partial charge in [0, 0.05) is 32.1 Å². The first-order chi connectivity index (χ1) is 9.51. The number of hydrogen-bond acceptors (Lipinski definition) is 3. The Morgan fingerprint density at radius 1 is 1.00 bits per heavy atom. The minimum atomic E-state index is -2.50. The second-order valence-corrected chi connectivity index (χ2v) is 6.46. The van der Waals surface area contributed by atoms with E-state index in [1.807, 2.05) is 0 Å². The van der Waals surface area contributed by atoms with Crippen molar-refractivity contribution in [1.82, 2.24) is 14.7 Å². The monoisotopic (exact) mass is 289 g/mol. The molecule has 2 aliphatic heterocycles. The minimum absolute atomic E-state index is 0.0675. The summed E-state index contributed by atoms with van der Waals surface area (Å²) in [6, 6.07) is 0. The number of piperidine rings is 1. The van der Waals surface area contributed by atoms with Gasteiger partial charge in [0.15, 0.2) is 0 Å². The van der Waals surface area contributed by atoms with Crippen molar-refractivity contribution >= 4 is 0 Å². The molecule has 0 saturated carbocycles. The lowest BCUT2D eigenvalue weighted by Crippen LogP contribution is -2.50. The molecule has 1 unspecified atom stereocenters. The topological polar surface area (TPSA) is 9.72 Å². The Morgan fingerprint density at radius 2 is 1.60 bits per heavy atom. The van der Waals surface area contributed by atoms with Crippen LogP contribution in [0.5, 0.6) is 0 Å². The van der Waals surface area contributed by atoms with Gasteiger partial charge in [-0.3, -0.25) is 0 Å². The van der Waals surface area contributed by atoms with E-state index in [-0.39, 0.29) is 6.54 Å². The molecule has 0 aromatic carbocycles. The third-order valence-electron chi connectivity index (χ3n) is 4.74. The molecule has 0 aromatic heterocycles. The van der Waals surface area contributed by atoms with E-state index in [1.165, 1.54) is 13.0 Å². The summed E-state index contributed by atoms with van der Waals surface area (Å²) in [5.41, 5.74) is 0. The Bertz CT molecular complexity index is 291. The zero-order valence-electron chi connectivity index (χ0n) is 13.0. The first kappa shape index (κ1) is 16.1. The smallest absolute Gasteiger partial charge is 0.263 e. The molecule has 3 nitrogen and oxygen atoms in total. The van der Waals surface area contributed by atoms with Crippen LogP contribution in [0.2, 0.25) is 0 Å². The zero-order chi connectivity index (χ0) is 14.6. The van der Waals surface area contributed by atoms with Crippen molar-refractivity contribution in [2.75, 3.05) is 59.4 Å². The highest BCUT2D eigenvalue weighted by Gasteiger charge is 2.43. The molecule has 0 spiro atoms. The van der Waals surface area contributed by atoms with E-state index in [9.17, 15) is 8.78 Å². The lowest BCUT2D eigenvalue weighted by molar-refractivity contribution is -0.109. The van der Waals surface area contributed by atoms with Crippen LogP contribution in [0.3, 0.4) is 0 Å². The van der Waals surface area contributed by atoms with Crippen molar-refractivity contribution in [3.05, 3.63) is 0 Å². The summed E-state index contributed by atoms with van der Waals surface area (Å²) < 4.78 is 27.9. The SMILES string of the molecule is CCCN1CCN(CCC2CCN(C)CC2(F)F)CC1. The van der Waals surface area contributed by atoms with Crippen LogP contribution < -0.4 is 0 Å². The highest BCUT2D eigenvalue weighted by molar-refractivity contribution is 4.86. The molecule has 2 aliphatic rings. The maximum atomic E-state index is 14.0. The molecule has 1 atom stereocenters. The number of alkyl halides is 2. The number of nitrogens with zero attached hydrogens (tertiary/aromatic N) is 3. The Hall–Kier alpha value is -0.260. The van der Waals surface area contributed by atoms with E-state index >= 15 is 0 Å². The molecule has 0 amide bonds. The predicted molar refractivity (Wildman–Crippen MR) is 78.3 cm³/mol. The average molecular weight is 289 g/mol. The molecule has 0 bridgehead atoms. The standard InChI is InChI=1S/C15H29F2N3/c1-3-6-19-9-11-20(12-10-19)8-5-14-4-7-18(2)13-15(14,16)17/h14H,3-13H2,1-2H3. The lowest BCUT2D eigenvalue weighted by Gasteiger charge is -2.39. The van der Waals surface area contributed by atoms with Crippen molar-refractivity contribution in [2.45, 2.75) is 32.1 Å². The zero-order valence-corrected chi connectivity index (χ0v) is 13.0. The molecule has 0 radical (unpaired) electrons. The van der Waals surface area contributed by atoms with Gasteiger partial charge in [-0.1, -0.05) is 6.92 Å². The predicted octanol–water partition coefficient (Wildman–Crippen LogP) is 1.99. The molecule has 0 aromatic rings. The second kappa shape index (κ2) is 7.14. The van der Waals surface area contributed by atoms with Crippen LogP contribution in [0.15, 0.2) is 0 Å². The largest absolute Gasteiger partial charge is 0.301 e. The Labute approximate surface area is 121 Å². The van der Waals surface area contributed by atoms with Gasteiger partial charge in [0.05, 0.1) is 6.54 Å². The summed E-state index contributed by atoms with van der Waals surface area (Å²) in [6.45, 7) is 9.22. The number of piperazine rings is 1. The molecule has 0 aliphatic carbocycles. The number of hydrogen-bond donors (Lipinski definition) is 0. The van der Waals surface area contributed by atoms with Crippen LogP contribution in [-0.4, -0.2) is 80.0 Å². The van der Waals surface area contributed by atoms with E-state index in [2.05, 4.69) is 16.7 Å². The van der Waals surface area contributed by atoms with Crippen molar-refractivity contribution in [1.29, 1.82) is 0 Å². The third-order valence-corrected chi connectivity index (χ3v) is 4.74. The van der Waals surface area contributed by atoms with Gasteiger partial charge >= 0.3 is 0 Å². The molecule has 20 heavy (non-hydrogen) atoms. The van der Waals surface area contributed by atoms with Gasteiger partial charge in [-0.05, 0) is 45.9 Å². The molecule has 0 N–H and O–H groups in total. The molecule has 2 saturated heterocycles. The van der Waals surface area contributed by atoms with Crippen LogP contribution >= 0.6 is 0 Å². The maximum absolute atomic E-state index is 14.0. The molecular formula is C15H29F2N3. The van der Waals surface area contributed by atoms with Gasteiger partial charge in [-0.25, -0.2) is 8.78 Å². The first-order valence-corrected chi connectivity index (χ1v) is 8.02. The maximum Gasteiger partial charge on any atom is 0.263 e. The fourth-order valence-corrected chi connectivity index (χ4v) is 3.40. The summed E-state index contributed by atoms with van der Waals surface area (Å²) in [4.78, 5) is 6.58. The van der Waals surface area contributed by atoms with E-state index in [0.717, 1.165) is 39.3 Å². The summed E-state index contributed by atoms with van der Waals surface area (Å²) in [5, 5.41) is 0. The van der Waals surface area contributed by atoms with Crippen LogP contribution in [-0.2, 0) is 0 Å². The lowest BCUT2D eigenvalue weighted by atomic mass is 9.90. The highest BCUT2D eigenvalue weighted by Crippen LogP contribution is 2.34. The normalized spacial score (nSPS) is 29.7.